The zero-order chi connectivity index (χ0) is 11.1. The van der Waals surface area contributed by atoms with E-state index in [2.05, 4.69) is 4.90 Å². The number of hydrogen-bond donors (Lipinski definition) is 0. The molecule has 2 aliphatic rings. The molecule has 94 valence electrons. The molecule has 2 nitrogen and oxygen atoms in total. The predicted octanol–water partition coefficient (Wildman–Crippen LogP) is 3.56. The van der Waals surface area contributed by atoms with Crippen molar-refractivity contribution < 1.29 is 4.74 Å². The summed E-state index contributed by atoms with van der Waals surface area (Å²) in [5.74, 6) is 0. The number of fused-ring (bicyclic) bond motifs is 1. The molecule has 0 aliphatic carbocycles. The van der Waals surface area contributed by atoms with Crippen LogP contribution >= 0.6 is 0 Å². The van der Waals surface area contributed by atoms with Crippen molar-refractivity contribution in [1.82, 2.24) is 4.90 Å². The van der Waals surface area contributed by atoms with E-state index in [0.29, 0.717) is 6.23 Å². The standard InChI is InChI=1S/C14H27NO/c1-2-4-6-8-10-14-15(12-13-16-14)11-9-7-5-3-1/h14H,1-13H2. The molecule has 1 unspecified atom stereocenters. The molecular formula is C14H27NO. The Hall–Kier alpha value is -0.0800. The summed E-state index contributed by atoms with van der Waals surface area (Å²) in [6, 6.07) is 0. The largest absolute Gasteiger partial charge is 0.362 e. The Kier molecular flexibility index (Phi) is 5.64. The molecule has 0 amide bonds. The SMILES string of the molecule is C1CCCCCC2OCCN2CCCCC1. The molecule has 1 atom stereocenters. The fraction of sp³-hybridized carbons (Fsp3) is 1.00. The van der Waals surface area contributed by atoms with Crippen molar-refractivity contribution in [2.75, 3.05) is 19.7 Å². The second-order valence-corrected chi connectivity index (χ2v) is 5.33. The Morgan fingerprint density at radius 2 is 1.31 bits per heavy atom. The monoisotopic (exact) mass is 225 g/mol. The van der Waals surface area contributed by atoms with Crippen LogP contribution < -0.4 is 0 Å². The van der Waals surface area contributed by atoms with Gasteiger partial charge in [-0.3, -0.25) is 4.90 Å². The number of ether oxygens (including phenoxy) is 1. The summed E-state index contributed by atoms with van der Waals surface area (Å²) >= 11 is 0. The lowest BCUT2D eigenvalue weighted by Gasteiger charge is -2.22. The van der Waals surface area contributed by atoms with Crippen molar-refractivity contribution in [3.05, 3.63) is 0 Å². The fourth-order valence-electron chi connectivity index (χ4n) is 2.95. The van der Waals surface area contributed by atoms with Gasteiger partial charge in [0.05, 0.1) is 6.61 Å². The van der Waals surface area contributed by atoms with Crippen molar-refractivity contribution in [2.24, 2.45) is 0 Å². The van der Waals surface area contributed by atoms with Gasteiger partial charge in [-0.25, -0.2) is 0 Å². The van der Waals surface area contributed by atoms with Gasteiger partial charge < -0.3 is 4.74 Å². The highest BCUT2D eigenvalue weighted by molar-refractivity contribution is 4.70. The summed E-state index contributed by atoms with van der Waals surface area (Å²) in [6.45, 7) is 3.40. The molecule has 0 aromatic heterocycles. The smallest absolute Gasteiger partial charge is 0.110 e. The molecule has 0 radical (unpaired) electrons. The van der Waals surface area contributed by atoms with E-state index >= 15 is 0 Å². The first-order valence-electron chi connectivity index (χ1n) is 7.32. The summed E-state index contributed by atoms with van der Waals surface area (Å²) in [7, 11) is 0. The third kappa shape index (κ3) is 4.06. The minimum Gasteiger partial charge on any atom is -0.362 e. The van der Waals surface area contributed by atoms with Gasteiger partial charge in [0.15, 0.2) is 0 Å². The molecule has 16 heavy (non-hydrogen) atoms. The Balaban J connectivity index is 1.75. The van der Waals surface area contributed by atoms with Crippen LogP contribution in [0.25, 0.3) is 0 Å². The molecule has 2 heteroatoms. The van der Waals surface area contributed by atoms with Gasteiger partial charge in [-0.05, 0) is 19.3 Å². The van der Waals surface area contributed by atoms with Gasteiger partial charge in [-0.1, -0.05) is 44.9 Å². The summed E-state index contributed by atoms with van der Waals surface area (Å²) < 4.78 is 5.82. The van der Waals surface area contributed by atoms with Gasteiger partial charge in [0.25, 0.3) is 0 Å². The van der Waals surface area contributed by atoms with Crippen molar-refractivity contribution in [2.45, 2.75) is 70.4 Å². The van der Waals surface area contributed by atoms with Gasteiger partial charge in [0, 0.05) is 13.1 Å². The maximum Gasteiger partial charge on any atom is 0.110 e. The number of hydrogen-bond acceptors (Lipinski definition) is 2. The van der Waals surface area contributed by atoms with Gasteiger partial charge in [0.1, 0.15) is 6.23 Å². The second kappa shape index (κ2) is 7.29. The highest BCUT2D eigenvalue weighted by Crippen LogP contribution is 2.19. The molecule has 2 aliphatic heterocycles. The van der Waals surface area contributed by atoms with E-state index in [1.54, 1.807) is 0 Å². The predicted molar refractivity (Wildman–Crippen MR) is 67.5 cm³/mol. The quantitative estimate of drug-likeness (QED) is 0.625. The Morgan fingerprint density at radius 1 is 0.688 bits per heavy atom. The van der Waals surface area contributed by atoms with E-state index in [0.717, 1.165) is 6.61 Å². The highest BCUT2D eigenvalue weighted by atomic mass is 16.5. The maximum atomic E-state index is 5.82. The van der Waals surface area contributed by atoms with Crippen LogP contribution in [-0.4, -0.2) is 30.8 Å². The van der Waals surface area contributed by atoms with Crippen LogP contribution in [0, 0.1) is 0 Å². The first-order chi connectivity index (χ1) is 7.97. The van der Waals surface area contributed by atoms with Crippen LogP contribution in [0.5, 0.6) is 0 Å². The van der Waals surface area contributed by atoms with E-state index in [-0.39, 0.29) is 0 Å². The van der Waals surface area contributed by atoms with Crippen molar-refractivity contribution >= 4 is 0 Å². The molecule has 0 N–H and O–H groups in total. The van der Waals surface area contributed by atoms with Crippen LogP contribution in [0.1, 0.15) is 64.2 Å². The van der Waals surface area contributed by atoms with Crippen molar-refractivity contribution in [1.29, 1.82) is 0 Å². The molecule has 0 aromatic carbocycles. The van der Waals surface area contributed by atoms with Crippen molar-refractivity contribution in [3.8, 4) is 0 Å². The third-order valence-electron chi connectivity index (χ3n) is 3.99. The third-order valence-corrected chi connectivity index (χ3v) is 3.99. The fourth-order valence-corrected chi connectivity index (χ4v) is 2.95. The van der Waals surface area contributed by atoms with Gasteiger partial charge in [-0.15, -0.1) is 0 Å². The van der Waals surface area contributed by atoms with Crippen LogP contribution in [-0.2, 0) is 4.74 Å². The molecule has 2 fully saturated rings. The lowest BCUT2D eigenvalue weighted by Crippen LogP contribution is -2.31. The van der Waals surface area contributed by atoms with Crippen LogP contribution in [0.2, 0.25) is 0 Å². The Morgan fingerprint density at radius 3 is 2.06 bits per heavy atom. The normalized spacial score (nSPS) is 31.1. The van der Waals surface area contributed by atoms with E-state index < -0.39 is 0 Å². The van der Waals surface area contributed by atoms with E-state index in [9.17, 15) is 0 Å². The van der Waals surface area contributed by atoms with Gasteiger partial charge in [0.2, 0.25) is 0 Å². The topological polar surface area (TPSA) is 12.5 Å². The molecule has 2 rings (SSSR count). The summed E-state index contributed by atoms with van der Waals surface area (Å²) in [6.07, 6.45) is 14.5. The van der Waals surface area contributed by atoms with E-state index in [1.165, 1.54) is 77.3 Å². The average molecular weight is 225 g/mol. The summed E-state index contributed by atoms with van der Waals surface area (Å²) in [5, 5.41) is 0. The minimum absolute atomic E-state index is 0.459. The van der Waals surface area contributed by atoms with Crippen LogP contribution in [0.4, 0.5) is 0 Å². The molecule has 2 heterocycles. The first-order valence-corrected chi connectivity index (χ1v) is 7.32. The maximum absolute atomic E-state index is 5.82. The first kappa shape index (κ1) is 12.4. The van der Waals surface area contributed by atoms with E-state index in [1.807, 2.05) is 0 Å². The molecule has 0 bridgehead atoms. The minimum atomic E-state index is 0.459. The Bertz CT molecular complexity index is 166. The summed E-state index contributed by atoms with van der Waals surface area (Å²) in [4.78, 5) is 2.57. The zero-order valence-electron chi connectivity index (χ0n) is 10.6. The summed E-state index contributed by atoms with van der Waals surface area (Å²) in [5.41, 5.74) is 0. The van der Waals surface area contributed by atoms with E-state index in [4.69, 9.17) is 4.74 Å². The van der Waals surface area contributed by atoms with Crippen LogP contribution in [0.15, 0.2) is 0 Å². The molecule has 0 saturated carbocycles. The molecule has 0 aromatic rings. The van der Waals surface area contributed by atoms with Crippen LogP contribution in [0.3, 0.4) is 0 Å². The number of nitrogens with zero attached hydrogens (tertiary/aromatic N) is 1. The van der Waals surface area contributed by atoms with Gasteiger partial charge in [-0.2, -0.15) is 0 Å². The molecule has 2 saturated heterocycles. The van der Waals surface area contributed by atoms with Crippen molar-refractivity contribution in [3.63, 3.8) is 0 Å². The second-order valence-electron chi connectivity index (χ2n) is 5.33. The van der Waals surface area contributed by atoms with Gasteiger partial charge >= 0.3 is 0 Å². The lowest BCUT2D eigenvalue weighted by molar-refractivity contribution is 0.0247. The highest BCUT2D eigenvalue weighted by Gasteiger charge is 2.23. The Labute approximate surface area is 100 Å². The zero-order valence-corrected chi connectivity index (χ0v) is 10.6. The molecule has 0 spiro atoms. The average Bonchev–Trinajstić information content (AvgIpc) is 2.73. The molecular weight excluding hydrogens is 198 g/mol. The lowest BCUT2D eigenvalue weighted by atomic mass is 10.1. The number of rotatable bonds is 0.